The lowest BCUT2D eigenvalue weighted by Gasteiger charge is -2.31. The number of nitrogens with zero attached hydrogens (tertiary/aromatic N) is 1. The maximum Gasteiger partial charge on any atom is 0.242 e. The van der Waals surface area contributed by atoms with Gasteiger partial charge in [-0.15, -0.1) is 0 Å². The normalized spacial score (nSPS) is 11.6. The summed E-state index contributed by atoms with van der Waals surface area (Å²) >= 11 is 9.42. The van der Waals surface area contributed by atoms with Gasteiger partial charge in [0.05, 0.1) is 6.42 Å². The number of carbonyl (C=O) groups is 2. The molecule has 3 aromatic carbocycles. The van der Waals surface area contributed by atoms with E-state index < -0.39 is 6.04 Å². The SMILES string of the molecule is CNC(=O)[C@H](Cc1ccccc1)N(Cc1ccc(Br)cc1)C(=O)Cc1ccc(Cl)cc1. The molecule has 1 atom stereocenters. The Balaban J connectivity index is 1.92. The zero-order valence-electron chi connectivity index (χ0n) is 17.2. The van der Waals surface area contributed by atoms with Gasteiger partial charge in [-0.3, -0.25) is 9.59 Å². The standard InChI is InChI=1S/C25H24BrClN2O2/c1-28-25(31)23(15-18-5-3-2-4-6-18)29(17-20-7-11-21(26)12-8-20)24(30)16-19-9-13-22(27)14-10-19/h2-14,23H,15-17H2,1H3,(H,28,31)/t23-/m0/s1. The van der Waals surface area contributed by atoms with Gasteiger partial charge >= 0.3 is 0 Å². The Morgan fingerprint density at radius 3 is 2.13 bits per heavy atom. The Morgan fingerprint density at radius 2 is 1.52 bits per heavy atom. The lowest BCUT2D eigenvalue weighted by molar-refractivity contribution is -0.140. The Morgan fingerprint density at radius 1 is 0.903 bits per heavy atom. The van der Waals surface area contributed by atoms with Crippen LogP contribution in [0, 0.1) is 0 Å². The lowest BCUT2D eigenvalue weighted by Crippen LogP contribution is -2.50. The van der Waals surface area contributed by atoms with Crippen LogP contribution in [-0.2, 0) is 29.0 Å². The first kappa shape index (κ1) is 23.0. The highest BCUT2D eigenvalue weighted by atomic mass is 79.9. The molecule has 1 N–H and O–H groups in total. The molecular formula is C25H24BrClN2O2. The van der Waals surface area contributed by atoms with Crippen LogP contribution in [-0.4, -0.2) is 29.8 Å². The molecule has 2 amide bonds. The number of amides is 2. The number of benzene rings is 3. The number of carbonyl (C=O) groups excluding carboxylic acids is 2. The fourth-order valence-corrected chi connectivity index (χ4v) is 3.78. The topological polar surface area (TPSA) is 49.4 Å². The summed E-state index contributed by atoms with van der Waals surface area (Å²) in [6, 6.07) is 24.1. The number of halogens is 2. The molecule has 0 bridgehead atoms. The second-order valence-electron chi connectivity index (χ2n) is 7.27. The molecule has 0 heterocycles. The van der Waals surface area contributed by atoms with Crippen molar-refractivity contribution in [2.45, 2.75) is 25.4 Å². The van der Waals surface area contributed by atoms with Crippen LogP contribution in [0.3, 0.4) is 0 Å². The summed E-state index contributed by atoms with van der Waals surface area (Å²) in [5, 5.41) is 3.35. The van der Waals surface area contributed by atoms with Crippen LogP contribution in [0.4, 0.5) is 0 Å². The smallest absolute Gasteiger partial charge is 0.242 e. The van der Waals surface area contributed by atoms with Crippen LogP contribution >= 0.6 is 27.5 Å². The summed E-state index contributed by atoms with van der Waals surface area (Å²) in [7, 11) is 1.60. The van der Waals surface area contributed by atoms with Gasteiger partial charge in [0.15, 0.2) is 0 Å². The van der Waals surface area contributed by atoms with Crippen molar-refractivity contribution in [2.75, 3.05) is 7.05 Å². The highest BCUT2D eigenvalue weighted by Crippen LogP contribution is 2.19. The minimum Gasteiger partial charge on any atom is -0.357 e. The molecule has 0 saturated heterocycles. The molecule has 0 saturated carbocycles. The van der Waals surface area contributed by atoms with Crippen molar-refractivity contribution >= 4 is 39.3 Å². The van der Waals surface area contributed by atoms with Crippen LogP contribution in [0.5, 0.6) is 0 Å². The Kier molecular flexibility index (Phi) is 8.27. The average molecular weight is 500 g/mol. The first-order valence-corrected chi connectivity index (χ1v) is 11.2. The third-order valence-electron chi connectivity index (χ3n) is 5.05. The van der Waals surface area contributed by atoms with E-state index in [1.807, 2.05) is 66.7 Å². The predicted molar refractivity (Wildman–Crippen MR) is 128 cm³/mol. The predicted octanol–water partition coefficient (Wildman–Crippen LogP) is 5.03. The van der Waals surface area contributed by atoms with Crippen LogP contribution < -0.4 is 5.32 Å². The summed E-state index contributed by atoms with van der Waals surface area (Å²) in [5.41, 5.74) is 2.80. The van der Waals surface area contributed by atoms with E-state index in [0.717, 1.165) is 21.2 Å². The molecule has 3 aromatic rings. The summed E-state index contributed by atoms with van der Waals surface area (Å²) in [4.78, 5) is 28.0. The molecule has 6 heteroatoms. The maximum atomic E-state index is 13.4. The van der Waals surface area contributed by atoms with Crippen LogP contribution in [0.2, 0.25) is 5.02 Å². The van der Waals surface area contributed by atoms with E-state index in [2.05, 4.69) is 21.2 Å². The van der Waals surface area contributed by atoms with Gasteiger partial charge in [-0.05, 0) is 41.0 Å². The third-order valence-corrected chi connectivity index (χ3v) is 5.83. The fourth-order valence-electron chi connectivity index (χ4n) is 3.39. The van der Waals surface area contributed by atoms with Gasteiger partial charge in [0.25, 0.3) is 0 Å². The molecule has 3 rings (SSSR count). The van der Waals surface area contributed by atoms with Crippen molar-refractivity contribution in [1.29, 1.82) is 0 Å². The zero-order chi connectivity index (χ0) is 22.2. The molecule has 160 valence electrons. The van der Waals surface area contributed by atoms with Gasteiger partial charge in [-0.2, -0.15) is 0 Å². The highest BCUT2D eigenvalue weighted by molar-refractivity contribution is 9.10. The van der Waals surface area contributed by atoms with Gasteiger partial charge in [0.2, 0.25) is 11.8 Å². The average Bonchev–Trinajstić information content (AvgIpc) is 2.79. The van der Waals surface area contributed by atoms with Gasteiger partial charge < -0.3 is 10.2 Å². The zero-order valence-corrected chi connectivity index (χ0v) is 19.6. The molecule has 4 nitrogen and oxygen atoms in total. The molecular weight excluding hydrogens is 476 g/mol. The van der Waals surface area contributed by atoms with Crippen molar-refractivity contribution in [3.63, 3.8) is 0 Å². The van der Waals surface area contributed by atoms with E-state index in [-0.39, 0.29) is 18.2 Å². The van der Waals surface area contributed by atoms with Gasteiger partial charge in [0, 0.05) is 29.5 Å². The molecule has 0 radical (unpaired) electrons. The van der Waals surface area contributed by atoms with Gasteiger partial charge in [-0.25, -0.2) is 0 Å². The molecule has 0 aliphatic heterocycles. The summed E-state index contributed by atoms with van der Waals surface area (Å²) in [6.07, 6.45) is 0.624. The van der Waals surface area contributed by atoms with E-state index in [4.69, 9.17) is 11.6 Å². The Bertz CT molecular complexity index is 1010. The van der Waals surface area contributed by atoms with Crippen molar-refractivity contribution < 1.29 is 9.59 Å². The van der Waals surface area contributed by atoms with Crippen LogP contribution in [0.25, 0.3) is 0 Å². The summed E-state index contributed by atoms with van der Waals surface area (Å²) < 4.78 is 0.961. The minimum atomic E-state index is -0.629. The third kappa shape index (κ3) is 6.68. The molecule has 0 aromatic heterocycles. The van der Waals surface area contributed by atoms with Crippen molar-refractivity contribution in [3.8, 4) is 0 Å². The number of hydrogen-bond donors (Lipinski definition) is 1. The number of hydrogen-bond acceptors (Lipinski definition) is 2. The second kappa shape index (κ2) is 11.1. The summed E-state index contributed by atoms with van der Waals surface area (Å²) in [6.45, 7) is 0.338. The van der Waals surface area contributed by atoms with E-state index in [9.17, 15) is 9.59 Å². The van der Waals surface area contributed by atoms with Gasteiger partial charge in [0.1, 0.15) is 6.04 Å². The molecule has 0 unspecified atom stereocenters. The van der Waals surface area contributed by atoms with E-state index in [0.29, 0.717) is 18.0 Å². The van der Waals surface area contributed by atoms with Crippen LogP contribution in [0.15, 0.2) is 83.3 Å². The highest BCUT2D eigenvalue weighted by Gasteiger charge is 2.29. The van der Waals surface area contributed by atoms with E-state index in [1.54, 1.807) is 24.1 Å². The first-order chi connectivity index (χ1) is 15.0. The molecule has 0 aliphatic rings. The molecule has 0 aliphatic carbocycles. The molecule has 0 spiro atoms. The number of rotatable bonds is 8. The lowest BCUT2D eigenvalue weighted by atomic mass is 10.0. The van der Waals surface area contributed by atoms with E-state index >= 15 is 0 Å². The van der Waals surface area contributed by atoms with Crippen molar-refractivity contribution in [2.24, 2.45) is 0 Å². The minimum absolute atomic E-state index is 0.116. The Hall–Kier alpha value is -2.63. The summed E-state index contributed by atoms with van der Waals surface area (Å²) in [5.74, 6) is -0.305. The second-order valence-corrected chi connectivity index (χ2v) is 8.62. The molecule has 31 heavy (non-hydrogen) atoms. The largest absolute Gasteiger partial charge is 0.357 e. The van der Waals surface area contributed by atoms with Crippen molar-refractivity contribution in [1.82, 2.24) is 10.2 Å². The monoisotopic (exact) mass is 498 g/mol. The quantitative estimate of drug-likeness (QED) is 0.472. The number of likely N-dealkylation sites (N-methyl/N-ethyl adjacent to an activating group) is 1. The maximum absolute atomic E-state index is 13.4. The van der Waals surface area contributed by atoms with E-state index in [1.165, 1.54) is 0 Å². The number of nitrogens with one attached hydrogen (secondary N) is 1. The van der Waals surface area contributed by atoms with Crippen molar-refractivity contribution in [3.05, 3.63) is 105 Å². The van der Waals surface area contributed by atoms with Crippen LogP contribution in [0.1, 0.15) is 16.7 Å². The molecule has 0 fully saturated rings. The van der Waals surface area contributed by atoms with Gasteiger partial charge in [-0.1, -0.05) is 82.1 Å². The fraction of sp³-hybridized carbons (Fsp3) is 0.200. The first-order valence-electron chi connectivity index (χ1n) is 10.00. The Labute approximate surface area is 196 Å².